The Morgan fingerprint density at radius 3 is 2.80 bits per heavy atom. The van der Waals surface area contributed by atoms with Gasteiger partial charge in [-0.2, -0.15) is 0 Å². The van der Waals surface area contributed by atoms with Crippen molar-refractivity contribution >= 4 is 23.2 Å². The maximum atomic E-state index is 14.0. The molecule has 0 unspecified atom stereocenters. The number of anilines is 1. The Morgan fingerprint density at radius 2 is 2.12 bits per heavy atom. The van der Waals surface area contributed by atoms with Gasteiger partial charge in [-0.25, -0.2) is 18.6 Å². The Hall–Kier alpha value is -2.06. The van der Waals surface area contributed by atoms with E-state index in [1.807, 2.05) is 0 Å². The molecule has 1 atom stereocenters. The minimum absolute atomic E-state index is 0.118. The number of fused-ring (bicyclic) bond motifs is 3. The number of piperidine rings is 3. The first-order valence-corrected chi connectivity index (χ1v) is 9.07. The molecular weight excluding hydrogens is 348 g/mol. The minimum atomic E-state index is -0.696. The van der Waals surface area contributed by atoms with Crippen molar-refractivity contribution in [1.29, 1.82) is 0 Å². The third-order valence-electron chi connectivity index (χ3n) is 4.82. The van der Waals surface area contributed by atoms with Crippen molar-refractivity contribution in [2.24, 2.45) is 5.92 Å². The van der Waals surface area contributed by atoms with Crippen molar-refractivity contribution in [3.05, 3.63) is 35.3 Å². The molecule has 2 bridgehead atoms. The topological polar surface area (TPSA) is 54.5 Å². The van der Waals surface area contributed by atoms with Crippen LogP contribution in [0, 0.1) is 17.6 Å². The van der Waals surface area contributed by atoms with E-state index >= 15 is 0 Å². The van der Waals surface area contributed by atoms with Crippen LogP contribution in [0.5, 0.6) is 0 Å². The highest BCUT2D eigenvalue weighted by Gasteiger charge is 2.36. The Kier molecular flexibility index (Phi) is 4.39. The molecule has 3 aliphatic rings. The second-order valence-electron chi connectivity index (χ2n) is 6.36. The fourth-order valence-electron chi connectivity index (χ4n) is 3.51. The van der Waals surface area contributed by atoms with Gasteiger partial charge < -0.3 is 4.74 Å². The largest absolute Gasteiger partial charge is 0.444 e. The SMILES string of the molecule is O=C(Nc1ncsc1-c1ccc(F)cc1F)O[C@H]1CN2CCC1CC2. The van der Waals surface area contributed by atoms with Gasteiger partial charge in [0.05, 0.1) is 10.4 Å². The van der Waals surface area contributed by atoms with Crippen molar-refractivity contribution in [1.82, 2.24) is 9.88 Å². The van der Waals surface area contributed by atoms with E-state index in [9.17, 15) is 13.6 Å². The van der Waals surface area contributed by atoms with Crippen LogP contribution < -0.4 is 5.32 Å². The lowest BCUT2D eigenvalue weighted by atomic mass is 9.86. The fraction of sp³-hybridized carbons (Fsp3) is 0.412. The van der Waals surface area contributed by atoms with Crippen LogP contribution in [-0.2, 0) is 4.74 Å². The summed E-state index contributed by atoms with van der Waals surface area (Å²) in [5, 5.41) is 2.60. The second-order valence-corrected chi connectivity index (χ2v) is 7.22. The lowest BCUT2D eigenvalue weighted by Gasteiger charge is -2.43. The standard InChI is InChI=1S/C17H17F2N3O2S/c18-11-1-2-12(13(19)7-11)15-16(20-9-25-15)21-17(23)24-14-8-22-5-3-10(14)4-6-22/h1-2,7,9-10,14H,3-6,8H2,(H,21,23)/t14-/m0/s1. The zero-order valence-corrected chi connectivity index (χ0v) is 14.2. The molecule has 2 aromatic rings. The molecule has 5 rings (SSSR count). The van der Waals surface area contributed by atoms with Crippen LogP contribution in [0.3, 0.4) is 0 Å². The summed E-state index contributed by atoms with van der Waals surface area (Å²) in [7, 11) is 0. The number of thiazole rings is 1. The summed E-state index contributed by atoms with van der Waals surface area (Å²) in [6, 6.07) is 3.32. The summed E-state index contributed by atoms with van der Waals surface area (Å²) in [4.78, 5) is 19.0. The molecular formula is C17H17F2N3O2S. The maximum absolute atomic E-state index is 14.0. The van der Waals surface area contributed by atoms with Crippen LogP contribution in [0.15, 0.2) is 23.7 Å². The highest BCUT2D eigenvalue weighted by molar-refractivity contribution is 7.13. The number of hydrogen-bond donors (Lipinski definition) is 1. The molecule has 1 aromatic heterocycles. The number of ether oxygens (including phenoxy) is 1. The molecule has 0 saturated carbocycles. The summed E-state index contributed by atoms with van der Waals surface area (Å²) in [5.41, 5.74) is 1.70. The van der Waals surface area contributed by atoms with Gasteiger partial charge in [0.25, 0.3) is 0 Å². The van der Waals surface area contributed by atoms with E-state index in [1.165, 1.54) is 29.0 Å². The Morgan fingerprint density at radius 1 is 1.32 bits per heavy atom. The van der Waals surface area contributed by atoms with Gasteiger partial charge in [-0.3, -0.25) is 10.2 Å². The number of amides is 1. The Balaban J connectivity index is 1.46. The average molecular weight is 365 g/mol. The van der Waals surface area contributed by atoms with Crippen LogP contribution in [0.1, 0.15) is 12.8 Å². The van der Waals surface area contributed by atoms with E-state index in [0.717, 1.165) is 38.5 Å². The molecule has 3 fully saturated rings. The van der Waals surface area contributed by atoms with Crippen molar-refractivity contribution in [3.8, 4) is 10.4 Å². The van der Waals surface area contributed by atoms with Crippen LogP contribution in [-0.4, -0.2) is 41.7 Å². The Labute approximate surface area is 147 Å². The number of carbonyl (C=O) groups is 1. The lowest BCUT2D eigenvalue weighted by molar-refractivity contribution is -0.0290. The lowest BCUT2D eigenvalue weighted by Crippen LogP contribution is -2.52. The van der Waals surface area contributed by atoms with Crippen molar-refractivity contribution in [3.63, 3.8) is 0 Å². The summed E-state index contributed by atoms with van der Waals surface area (Å²) in [5.74, 6) is -0.720. The first-order valence-electron chi connectivity index (χ1n) is 8.19. The molecule has 8 heteroatoms. The number of rotatable bonds is 3. The molecule has 25 heavy (non-hydrogen) atoms. The molecule has 5 nitrogen and oxygen atoms in total. The molecule has 3 saturated heterocycles. The van der Waals surface area contributed by atoms with E-state index in [2.05, 4.69) is 15.2 Å². The maximum Gasteiger partial charge on any atom is 0.413 e. The predicted molar refractivity (Wildman–Crippen MR) is 90.5 cm³/mol. The number of nitrogens with one attached hydrogen (secondary N) is 1. The highest BCUT2D eigenvalue weighted by Crippen LogP contribution is 2.34. The number of hydrogen-bond acceptors (Lipinski definition) is 5. The van der Waals surface area contributed by atoms with Crippen LogP contribution in [0.2, 0.25) is 0 Å². The molecule has 132 valence electrons. The van der Waals surface area contributed by atoms with E-state index in [-0.39, 0.29) is 17.5 Å². The van der Waals surface area contributed by atoms with Gasteiger partial charge in [0.2, 0.25) is 0 Å². The molecule has 0 spiro atoms. The van der Waals surface area contributed by atoms with Gasteiger partial charge >= 0.3 is 6.09 Å². The monoisotopic (exact) mass is 365 g/mol. The van der Waals surface area contributed by atoms with Gasteiger partial charge in [-0.1, -0.05) is 0 Å². The summed E-state index contributed by atoms with van der Waals surface area (Å²) < 4.78 is 32.6. The molecule has 0 radical (unpaired) electrons. The van der Waals surface area contributed by atoms with E-state index in [0.29, 0.717) is 10.8 Å². The third kappa shape index (κ3) is 3.36. The normalized spacial score (nSPS) is 25.0. The average Bonchev–Trinajstić information content (AvgIpc) is 3.03. The fourth-order valence-corrected chi connectivity index (χ4v) is 4.28. The van der Waals surface area contributed by atoms with Gasteiger partial charge in [0.15, 0.2) is 5.82 Å². The number of benzene rings is 1. The van der Waals surface area contributed by atoms with Gasteiger partial charge in [-0.05, 0) is 44.0 Å². The zero-order chi connectivity index (χ0) is 17.4. The number of aromatic nitrogens is 1. The molecule has 1 amide bonds. The number of nitrogens with zero attached hydrogens (tertiary/aromatic N) is 2. The summed E-state index contributed by atoms with van der Waals surface area (Å²) in [6.07, 6.45) is 1.38. The summed E-state index contributed by atoms with van der Waals surface area (Å²) >= 11 is 1.17. The molecule has 1 N–H and O–H groups in total. The molecule has 0 aliphatic carbocycles. The first-order chi connectivity index (χ1) is 12.1. The molecule has 4 heterocycles. The quantitative estimate of drug-likeness (QED) is 0.901. The van der Waals surface area contributed by atoms with Crippen molar-refractivity contribution in [2.45, 2.75) is 18.9 Å². The zero-order valence-electron chi connectivity index (χ0n) is 13.4. The number of carbonyl (C=O) groups excluding carboxylic acids is 1. The van der Waals surface area contributed by atoms with E-state index in [4.69, 9.17) is 4.74 Å². The van der Waals surface area contributed by atoms with E-state index < -0.39 is 17.7 Å². The van der Waals surface area contributed by atoms with Crippen LogP contribution in [0.25, 0.3) is 10.4 Å². The van der Waals surface area contributed by atoms with Gasteiger partial charge in [0.1, 0.15) is 17.7 Å². The predicted octanol–water partition coefficient (Wildman–Crippen LogP) is 3.73. The number of halogens is 2. The van der Waals surface area contributed by atoms with Gasteiger partial charge in [-0.15, -0.1) is 11.3 Å². The minimum Gasteiger partial charge on any atom is -0.444 e. The smallest absolute Gasteiger partial charge is 0.413 e. The van der Waals surface area contributed by atoms with E-state index in [1.54, 1.807) is 0 Å². The summed E-state index contributed by atoms with van der Waals surface area (Å²) in [6.45, 7) is 2.88. The molecule has 1 aromatic carbocycles. The third-order valence-corrected chi connectivity index (χ3v) is 5.68. The van der Waals surface area contributed by atoms with Crippen molar-refractivity contribution < 1.29 is 18.3 Å². The van der Waals surface area contributed by atoms with Crippen molar-refractivity contribution in [2.75, 3.05) is 25.0 Å². The second kappa shape index (κ2) is 6.68. The van der Waals surface area contributed by atoms with Crippen LogP contribution in [0.4, 0.5) is 19.4 Å². The highest BCUT2D eigenvalue weighted by atomic mass is 32.1. The van der Waals surface area contributed by atoms with Crippen LogP contribution >= 0.6 is 11.3 Å². The first kappa shape index (κ1) is 16.4. The Bertz CT molecular complexity index is 790. The molecule has 3 aliphatic heterocycles. The van der Waals surface area contributed by atoms with Gasteiger partial charge in [0, 0.05) is 18.2 Å².